The molecule has 1 aromatic heterocycles. The van der Waals surface area contributed by atoms with Crippen molar-refractivity contribution in [3.63, 3.8) is 0 Å². The summed E-state index contributed by atoms with van der Waals surface area (Å²) < 4.78 is 0. The number of hydrogen-bond acceptors (Lipinski definition) is 12. The standard InChI is InChI=1S/C50H82N12O9/c1-30(2)23-38(58-45(65)37(18-11-13-21-52)57-48(68)40(26-33-15-8-7-9-16-33)60-43(63)35-19-14-22-54-35)46(66)56-36(17-10-12-20-51)44(64)59-39(24-31(3)4)47(67)61-41(27-34-28-53-29-55-34)49(69)62-42(50(70)71)25-32(5)6/h7-9,15-16,28-32,35-42,54H,10-14,17-27,51-52H2,1-6H3,(H,53,55)(H,56,66)(H,57,68)(H,58,65)(H,59,64)(H,60,63)(H,61,67)(H,62,69)(H,70,71)/t35-,36-,37-,38-,39-,40-,41-,42-/m0/s1. The molecule has 0 aliphatic carbocycles. The number of carboxylic acids is 1. The second kappa shape index (κ2) is 31.4. The van der Waals surface area contributed by atoms with E-state index >= 15 is 0 Å². The monoisotopic (exact) mass is 995 g/mol. The molecule has 1 aromatic carbocycles. The van der Waals surface area contributed by atoms with Crippen LogP contribution in [0.3, 0.4) is 0 Å². The highest BCUT2D eigenvalue weighted by Crippen LogP contribution is 2.14. The number of benzene rings is 1. The molecule has 1 fully saturated rings. The molecule has 14 N–H and O–H groups in total. The van der Waals surface area contributed by atoms with E-state index in [1.165, 1.54) is 12.5 Å². The van der Waals surface area contributed by atoms with Gasteiger partial charge < -0.3 is 64.1 Å². The molecule has 71 heavy (non-hydrogen) atoms. The van der Waals surface area contributed by atoms with E-state index in [1.807, 2.05) is 71.9 Å². The number of carbonyl (C=O) groups is 8. The molecule has 1 aliphatic heterocycles. The van der Waals surface area contributed by atoms with Gasteiger partial charge in [0.05, 0.1) is 12.4 Å². The van der Waals surface area contributed by atoms with Crippen molar-refractivity contribution in [2.24, 2.45) is 29.2 Å². The Bertz CT molecular complexity index is 1980. The molecule has 7 amide bonds. The molecule has 1 aliphatic rings. The van der Waals surface area contributed by atoms with Crippen LogP contribution in [0.1, 0.15) is 123 Å². The Morgan fingerprint density at radius 3 is 1.46 bits per heavy atom. The van der Waals surface area contributed by atoms with Crippen LogP contribution in [-0.4, -0.2) is 130 Å². The van der Waals surface area contributed by atoms with Crippen LogP contribution in [0.5, 0.6) is 0 Å². The Morgan fingerprint density at radius 1 is 0.592 bits per heavy atom. The molecule has 1 saturated heterocycles. The zero-order valence-corrected chi connectivity index (χ0v) is 42.5. The summed E-state index contributed by atoms with van der Waals surface area (Å²) in [5.41, 5.74) is 12.9. The van der Waals surface area contributed by atoms with Gasteiger partial charge in [-0.15, -0.1) is 0 Å². The first kappa shape index (κ1) is 59.4. The van der Waals surface area contributed by atoms with Crippen LogP contribution in [0.2, 0.25) is 0 Å². The SMILES string of the molecule is CC(C)C[C@H](NC(=O)[C@H](Cc1cnc[nH]1)NC(=O)[C@H](CC(C)C)NC(=O)[C@H](CCCCN)NC(=O)[C@H](CC(C)C)NC(=O)[C@H](CCCCN)NC(=O)[C@H](Cc1ccccc1)NC(=O)[C@@H]1CCCN1)C(=O)O. The van der Waals surface area contributed by atoms with Gasteiger partial charge in [-0.1, -0.05) is 71.9 Å². The fourth-order valence-corrected chi connectivity index (χ4v) is 8.32. The molecule has 0 unspecified atom stereocenters. The van der Waals surface area contributed by atoms with Gasteiger partial charge in [0.25, 0.3) is 0 Å². The molecule has 3 rings (SSSR count). The highest BCUT2D eigenvalue weighted by molar-refractivity contribution is 5.97. The number of rotatable bonds is 33. The number of aromatic amines is 1. The topological polar surface area (TPSA) is 334 Å². The zero-order valence-electron chi connectivity index (χ0n) is 42.5. The Balaban J connectivity index is 1.86. The Kier molecular flexibility index (Phi) is 26.3. The number of amides is 7. The van der Waals surface area contributed by atoms with Crippen LogP contribution in [-0.2, 0) is 51.2 Å². The number of aliphatic carboxylic acids is 1. The lowest BCUT2D eigenvalue weighted by Gasteiger charge is -2.29. The van der Waals surface area contributed by atoms with Crippen molar-refractivity contribution in [2.45, 2.75) is 173 Å². The van der Waals surface area contributed by atoms with Gasteiger partial charge in [-0.05, 0) is 114 Å². The van der Waals surface area contributed by atoms with Crippen molar-refractivity contribution in [2.75, 3.05) is 19.6 Å². The maximum Gasteiger partial charge on any atom is 0.326 e. The van der Waals surface area contributed by atoms with Crippen molar-refractivity contribution >= 4 is 47.3 Å². The first-order valence-electron chi connectivity index (χ1n) is 25.3. The molecule has 0 radical (unpaired) electrons. The summed E-state index contributed by atoms with van der Waals surface area (Å²) in [6.45, 7) is 12.4. The van der Waals surface area contributed by atoms with Crippen LogP contribution in [0.4, 0.5) is 0 Å². The molecule has 2 heterocycles. The van der Waals surface area contributed by atoms with E-state index in [4.69, 9.17) is 11.5 Å². The first-order chi connectivity index (χ1) is 33.8. The minimum Gasteiger partial charge on any atom is -0.480 e. The number of carboxylic acid groups (broad SMARTS) is 1. The normalized spacial score (nSPS) is 16.5. The summed E-state index contributed by atoms with van der Waals surface area (Å²) in [6.07, 6.45) is 7.20. The number of hydrogen-bond donors (Lipinski definition) is 12. The van der Waals surface area contributed by atoms with Gasteiger partial charge in [0.15, 0.2) is 0 Å². The summed E-state index contributed by atoms with van der Waals surface area (Å²) >= 11 is 0. The third-order valence-corrected chi connectivity index (χ3v) is 12.1. The highest BCUT2D eigenvalue weighted by atomic mass is 16.4. The predicted molar refractivity (Wildman–Crippen MR) is 269 cm³/mol. The second-order valence-corrected chi connectivity index (χ2v) is 19.8. The lowest BCUT2D eigenvalue weighted by Crippen LogP contribution is -2.60. The summed E-state index contributed by atoms with van der Waals surface area (Å²) in [7, 11) is 0. The highest BCUT2D eigenvalue weighted by Gasteiger charge is 2.35. The van der Waals surface area contributed by atoms with Crippen LogP contribution >= 0.6 is 0 Å². The minimum absolute atomic E-state index is 0.0574. The van der Waals surface area contributed by atoms with Gasteiger partial charge in [-0.3, -0.25) is 33.6 Å². The lowest BCUT2D eigenvalue weighted by molar-refractivity contribution is -0.142. The molecule has 0 bridgehead atoms. The van der Waals surface area contributed by atoms with Crippen molar-refractivity contribution in [1.29, 1.82) is 0 Å². The van der Waals surface area contributed by atoms with E-state index in [2.05, 4.69) is 52.5 Å². The van der Waals surface area contributed by atoms with Gasteiger partial charge >= 0.3 is 5.97 Å². The number of carbonyl (C=O) groups excluding carboxylic acids is 7. The maximum atomic E-state index is 14.3. The zero-order chi connectivity index (χ0) is 52.5. The van der Waals surface area contributed by atoms with E-state index in [0.717, 1.165) is 12.0 Å². The van der Waals surface area contributed by atoms with Crippen LogP contribution < -0.4 is 54.0 Å². The molecule has 0 saturated carbocycles. The van der Waals surface area contributed by atoms with Crippen molar-refractivity contribution < 1.29 is 43.5 Å². The van der Waals surface area contributed by atoms with Crippen molar-refractivity contribution in [3.05, 3.63) is 54.1 Å². The molecule has 2 aromatic rings. The molecule has 21 nitrogen and oxygen atoms in total. The smallest absolute Gasteiger partial charge is 0.326 e. The number of nitrogens with two attached hydrogens (primary N) is 2. The van der Waals surface area contributed by atoms with Gasteiger partial charge in [-0.25, -0.2) is 9.78 Å². The Morgan fingerprint density at radius 2 is 1.03 bits per heavy atom. The fourth-order valence-electron chi connectivity index (χ4n) is 8.32. The van der Waals surface area contributed by atoms with Crippen LogP contribution in [0, 0.1) is 17.8 Å². The summed E-state index contributed by atoms with van der Waals surface area (Å²) in [6, 6.07) is 0.637. The first-order valence-corrected chi connectivity index (χ1v) is 25.3. The average Bonchev–Trinajstić information content (AvgIpc) is 4.05. The van der Waals surface area contributed by atoms with Gasteiger partial charge in [0, 0.05) is 24.7 Å². The second-order valence-electron chi connectivity index (χ2n) is 19.8. The minimum atomic E-state index is -1.25. The summed E-state index contributed by atoms with van der Waals surface area (Å²) in [5.74, 6) is -5.84. The van der Waals surface area contributed by atoms with Gasteiger partial charge in [-0.2, -0.15) is 0 Å². The van der Waals surface area contributed by atoms with E-state index in [9.17, 15) is 43.5 Å². The van der Waals surface area contributed by atoms with Gasteiger partial charge in [0.1, 0.15) is 42.3 Å². The lowest BCUT2D eigenvalue weighted by atomic mass is 9.99. The van der Waals surface area contributed by atoms with E-state index in [1.54, 1.807) is 0 Å². The summed E-state index contributed by atoms with van der Waals surface area (Å²) in [5, 5.41) is 32.5. The van der Waals surface area contributed by atoms with Crippen molar-refractivity contribution in [3.8, 4) is 0 Å². The largest absolute Gasteiger partial charge is 0.480 e. The van der Waals surface area contributed by atoms with Crippen LogP contribution in [0.25, 0.3) is 0 Å². The number of H-pyrrole nitrogens is 1. The molecule has 0 spiro atoms. The number of unbranched alkanes of at least 4 members (excludes halogenated alkanes) is 2. The third kappa shape index (κ3) is 21.9. The van der Waals surface area contributed by atoms with E-state index in [-0.39, 0.29) is 68.6 Å². The third-order valence-electron chi connectivity index (χ3n) is 12.1. The number of imidazole rings is 1. The molecule has 396 valence electrons. The summed E-state index contributed by atoms with van der Waals surface area (Å²) in [4.78, 5) is 117. The average molecular weight is 995 g/mol. The molecular formula is C50H82N12O9. The molecular weight excluding hydrogens is 913 g/mol. The van der Waals surface area contributed by atoms with E-state index < -0.39 is 89.7 Å². The molecule has 8 atom stereocenters. The van der Waals surface area contributed by atoms with Crippen molar-refractivity contribution in [1.82, 2.24) is 52.5 Å². The fraction of sp³-hybridized carbons (Fsp3) is 0.660. The Hall–Kier alpha value is -5.93. The number of nitrogens with zero attached hydrogens (tertiary/aromatic N) is 1. The molecule has 21 heteroatoms. The quantitative estimate of drug-likeness (QED) is 0.0442. The van der Waals surface area contributed by atoms with Crippen LogP contribution in [0.15, 0.2) is 42.9 Å². The Labute approximate surface area is 418 Å². The number of nitrogens with one attached hydrogen (secondary N) is 9. The predicted octanol–water partition coefficient (Wildman–Crippen LogP) is 0.821. The number of aromatic nitrogens is 2. The maximum absolute atomic E-state index is 14.3. The van der Waals surface area contributed by atoms with E-state index in [0.29, 0.717) is 57.4 Å². The van der Waals surface area contributed by atoms with Gasteiger partial charge in [0.2, 0.25) is 41.4 Å².